The van der Waals surface area contributed by atoms with Crippen LogP contribution in [0.5, 0.6) is 5.75 Å². The third-order valence-electron chi connectivity index (χ3n) is 2.41. The van der Waals surface area contributed by atoms with E-state index < -0.39 is 11.7 Å². The van der Waals surface area contributed by atoms with Crippen LogP contribution in [-0.2, 0) is 4.74 Å². The van der Waals surface area contributed by atoms with Gasteiger partial charge in [-0.3, -0.25) is 4.79 Å². The molecule has 2 N–H and O–H groups in total. The van der Waals surface area contributed by atoms with Gasteiger partial charge in [0.1, 0.15) is 11.4 Å². The molecule has 1 aromatic carbocycles. The minimum atomic E-state index is -0.563. The Morgan fingerprint density at radius 1 is 1.42 bits per heavy atom. The molecule has 0 aromatic heterocycles. The van der Waals surface area contributed by atoms with Gasteiger partial charge in [0.25, 0.3) is 0 Å². The number of carbonyl (C=O) groups excluding carboxylic acids is 2. The van der Waals surface area contributed by atoms with Gasteiger partial charge in [-0.05, 0) is 45.4 Å². The number of alkyl carbamates (subject to hydrolysis) is 1. The summed E-state index contributed by atoms with van der Waals surface area (Å²) in [7, 11) is 0. The molecule has 0 aliphatic carbocycles. The van der Waals surface area contributed by atoms with Crippen molar-refractivity contribution in [3.05, 3.63) is 29.3 Å². The molecule has 0 radical (unpaired) electrons. The number of ether oxygens (including phenoxy) is 1. The molecule has 0 bridgehead atoms. The summed E-state index contributed by atoms with van der Waals surface area (Å²) in [5.74, 6) is -0.0804. The molecule has 19 heavy (non-hydrogen) atoms. The third-order valence-corrected chi connectivity index (χ3v) is 2.41. The smallest absolute Gasteiger partial charge is 0.408 e. The van der Waals surface area contributed by atoms with E-state index in [-0.39, 0.29) is 17.4 Å². The first-order valence-electron chi connectivity index (χ1n) is 6.00. The number of aromatic hydroxyl groups is 1. The van der Waals surface area contributed by atoms with Crippen LogP contribution in [0.3, 0.4) is 0 Å². The first kappa shape index (κ1) is 15.0. The zero-order valence-corrected chi connectivity index (χ0v) is 11.6. The largest absolute Gasteiger partial charge is 0.507 e. The summed E-state index contributed by atoms with van der Waals surface area (Å²) in [5.41, 5.74) is 0.341. The van der Waals surface area contributed by atoms with Crippen molar-refractivity contribution in [2.75, 3.05) is 0 Å². The molecule has 5 heteroatoms. The van der Waals surface area contributed by atoms with Crippen molar-refractivity contribution >= 4 is 12.4 Å². The molecule has 0 aliphatic heterocycles. The molecule has 1 aromatic rings. The second-order valence-corrected chi connectivity index (χ2v) is 5.30. The first-order chi connectivity index (χ1) is 8.73. The standard InChI is InChI=1S/C14H19NO4/c1-9(15-13(18)19-14(2,3)4)10-5-6-12(17)11(7-10)8-16/h5-9,17H,1-4H3,(H,15,18). The molecule has 0 aliphatic rings. The van der Waals surface area contributed by atoms with Crippen molar-refractivity contribution in [3.8, 4) is 5.75 Å². The maximum absolute atomic E-state index is 11.6. The van der Waals surface area contributed by atoms with E-state index >= 15 is 0 Å². The molecule has 0 fully saturated rings. The van der Waals surface area contributed by atoms with Gasteiger partial charge in [-0.25, -0.2) is 4.79 Å². The molecule has 0 spiro atoms. The molecule has 1 amide bonds. The van der Waals surface area contributed by atoms with Gasteiger partial charge in [0, 0.05) is 0 Å². The Bertz CT molecular complexity index is 477. The highest BCUT2D eigenvalue weighted by Crippen LogP contribution is 2.21. The average Bonchev–Trinajstić information content (AvgIpc) is 2.26. The maximum Gasteiger partial charge on any atom is 0.408 e. The summed E-state index contributed by atoms with van der Waals surface area (Å²) in [6.45, 7) is 7.11. The van der Waals surface area contributed by atoms with Crippen molar-refractivity contribution in [1.82, 2.24) is 5.32 Å². The van der Waals surface area contributed by atoms with Gasteiger partial charge in [-0.2, -0.15) is 0 Å². The molecule has 1 atom stereocenters. The number of benzene rings is 1. The van der Waals surface area contributed by atoms with E-state index in [0.717, 1.165) is 0 Å². The Balaban J connectivity index is 2.76. The minimum absolute atomic E-state index is 0.0804. The molecular weight excluding hydrogens is 246 g/mol. The van der Waals surface area contributed by atoms with E-state index in [1.807, 2.05) is 0 Å². The minimum Gasteiger partial charge on any atom is -0.507 e. The Kier molecular flexibility index (Phi) is 4.53. The highest BCUT2D eigenvalue weighted by molar-refractivity contribution is 5.79. The van der Waals surface area contributed by atoms with Crippen LogP contribution >= 0.6 is 0 Å². The number of aldehydes is 1. The van der Waals surface area contributed by atoms with Crippen LogP contribution in [0.4, 0.5) is 4.79 Å². The highest BCUT2D eigenvalue weighted by Gasteiger charge is 2.18. The summed E-state index contributed by atoms with van der Waals surface area (Å²) in [6.07, 6.45) is 0.0414. The van der Waals surface area contributed by atoms with E-state index in [0.29, 0.717) is 11.8 Å². The second kappa shape index (κ2) is 5.73. The second-order valence-electron chi connectivity index (χ2n) is 5.30. The summed E-state index contributed by atoms with van der Waals surface area (Å²) in [5, 5.41) is 12.1. The number of phenolic OH excluding ortho intramolecular Hbond substituents is 1. The third kappa shape index (κ3) is 4.62. The zero-order chi connectivity index (χ0) is 14.6. The molecule has 0 saturated heterocycles. The lowest BCUT2D eigenvalue weighted by Gasteiger charge is -2.22. The predicted octanol–water partition coefficient (Wildman–Crippen LogP) is 2.79. The van der Waals surface area contributed by atoms with Crippen LogP contribution in [-0.4, -0.2) is 23.1 Å². The van der Waals surface area contributed by atoms with Crippen molar-refractivity contribution in [2.45, 2.75) is 39.3 Å². The molecule has 0 heterocycles. The zero-order valence-electron chi connectivity index (χ0n) is 11.6. The lowest BCUT2D eigenvalue weighted by atomic mass is 10.1. The fourth-order valence-electron chi connectivity index (χ4n) is 1.50. The normalized spacial score (nSPS) is 12.6. The first-order valence-corrected chi connectivity index (χ1v) is 6.00. The Morgan fingerprint density at radius 3 is 2.58 bits per heavy atom. The van der Waals surface area contributed by atoms with Crippen LogP contribution < -0.4 is 5.32 Å². The van der Waals surface area contributed by atoms with Crippen LogP contribution in [0.1, 0.15) is 49.7 Å². The number of phenols is 1. The number of amides is 1. The number of hydrogen-bond donors (Lipinski definition) is 2. The van der Waals surface area contributed by atoms with Gasteiger partial charge < -0.3 is 15.2 Å². The van der Waals surface area contributed by atoms with Crippen molar-refractivity contribution < 1.29 is 19.4 Å². The van der Waals surface area contributed by atoms with E-state index in [1.54, 1.807) is 33.8 Å². The lowest BCUT2D eigenvalue weighted by Crippen LogP contribution is -2.34. The van der Waals surface area contributed by atoms with Crippen molar-refractivity contribution in [1.29, 1.82) is 0 Å². The predicted molar refractivity (Wildman–Crippen MR) is 71.3 cm³/mol. The number of hydrogen-bond acceptors (Lipinski definition) is 4. The summed E-state index contributed by atoms with van der Waals surface area (Å²) < 4.78 is 5.14. The number of rotatable bonds is 3. The van der Waals surface area contributed by atoms with Gasteiger partial charge in [-0.15, -0.1) is 0 Å². The van der Waals surface area contributed by atoms with E-state index in [2.05, 4.69) is 5.32 Å². The molecule has 104 valence electrons. The van der Waals surface area contributed by atoms with Gasteiger partial charge in [0.15, 0.2) is 6.29 Å². The molecule has 1 unspecified atom stereocenters. The van der Waals surface area contributed by atoms with Crippen molar-refractivity contribution in [2.24, 2.45) is 0 Å². The monoisotopic (exact) mass is 265 g/mol. The quantitative estimate of drug-likeness (QED) is 0.824. The van der Waals surface area contributed by atoms with Crippen LogP contribution in [0.15, 0.2) is 18.2 Å². The molecule has 5 nitrogen and oxygen atoms in total. The summed E-state index contributed by atoms with van der Waals surface area (Å²) >= 11 is 0. The maximum atomic E-state index is 11.6. The van der Waals surface area contributed by atoms with Gasteiger partial charge in [0.05, 0.1) is 11.6 Å². The Hall–Kier alpha value is -2.04. The van der Waals surface area contributed by atoms with Crippen LogP contribution in [0, 0.1) is 0 Å². The topological polar surface area (TPSA) is 75.6 Å². The Labute approximate surface area is 112 Å². The SMILES string of the molecule is CC(NC(=O)OC(C)(C)C)c1ccc(O)c(C=O)c1. The van der Waals surface area contributed by atoms with Crippen LogP contribution in [0.25, 0.3) is 0 Å². The van der Waals surface area contributed by atoms with Gasteiger partial charge >= 0.3 is 6.09 Å². The Morgan fingerprint density at radius 2 is 2.05 bits per heavy atom. The number of nitrogens with one attached hydrogen (secondary N) is 1. The molecule has 1 rings (SSSR count). The highest BCUT2D eigenvalue weighted by atomic mass is 16.6. The van der Waals surface area contributed by atoms with Crippen molar-refractivity contribution in [3.63, 3.8) is 0 Å². The fourth-order valence-corrected chi connectivity index (χ4v) is 1.50. The van der Waals surface area contributed by atoms with E-state index in [1.165, 1.54) is 12.1 Å². The van der Waals surface area contributed by atoms with Gasteiger partial charge in [-0.1, -0.05) is 6.07 Å². The summed E-state index contributed by atoms with van der Waals surface area (Å²) in [6, 6.07) is 4.27. The van der Waals surface area contributed by atoms with Gasteiger partial charge in [0.2, 0.25) is 0 Å². The van der Waals surface area contributed by atoms with E-state index in [4.69, 9.17) is 4.74 Å². The fraction of sp³-hybridized carbons (Fsp3) is 0.429. The van der Waals surface area contributed by atoms with Crippen LogP contribution in [0.2, 0.25) is 0 Å². The molecule has 0 saturated carbocycles. The summed E-state index contributed by atoms with van der Waals surface area (Å²) in [4.78, 5) is 22.4. The van der Waals surface area contributed by atoms with E-state index in [9.17, 15) is 14.7 Å². The molecular formula is C14H19NO4. The number of carbonyl (C=O) groups is 2. The average molecular weight is 265 g/mol. The lowest BCUT2D eigenvalue weighted by molar-refractivity contribution is 0.0508.